The van der Waals surface area contributed by atoms with E-state index in [1.807, 2.05) is 0 Å². The maximum atomic E-state index is 13.0. The molecule has 0 aliphatic heterocycles. The first-order valence-corrected chi connectivity index (χ1v) is 7.76. The molecule has 0 fully saturated rings. The Balaban J connectivity index is 0.00000288. The zero-order chi connectivity index (χ0) is 17.0. The van der Waals surface area contributed by atoms with Crippen LogP contribution in [0.2, 0.25) is 0 Å². The van der Waals surface area contributed by atoms with E-state index in [1.165, 1.54) is 41.5 Å². The Kier molecular flexibility index (Phi) is 7.19. The fourth-order valence-corrected chi connectivity index (χ4v) is 2.89. The molecule has 24 heavy (non-hydrogen) atoms. The van der Waals surface area contributed by atoms with Gasteiger partial charge in [-0.3, -0.25) is 4.79 Å². The van der Waals surface area contributed by atoms with E-state index in [-0.39, 0.29) is 30.2 Å². The van der Waals surface area contributed by atoms with E-state index in [4.69, 9.17) is 5.73 Å². The molecule has 0 aliphatic carbocycles. The molecule has 0 saturated heterocycles. The molecule has 0 saturated carbocycles. The van der Waals surface area contributed by atoms with Crippen LogP contribution in [0.4, 0.5) is 13.2 Å². The van der Waals surface area contributed by atoms with E-state index in [2.05, 4.69) is 4.98 Å². The monoisotopic (exact) mass is 379 g/mol. The van der Waals surface area contributed by atoms with E-state index in [0.29, 0.717) is 13.0 Å². The van der Waals surface area contributed by atoms with Crippen LogP contribution in [0.15, 0.2) is 29.6 Å². The van der Waals surface area contributed by atoms with Crippen LogP contribution in [0.3, 0.4) is 0 Å². The highest BCUT2D eigenvalue weighted by Gasteiger charge is 2.33. The largest absolute Gasteiger partial charge is 0.416 e. The number of carbonyl (C=O) groups excluding carboxylic acids is 1. The summed E-state index contributed by atoms with van der Waals surface area (Å²) in [5, 5.41) is 2.33. The molecular formula is C15H17ClF3N3OS. The third kappa shape index (κ3) is 4.93. The average molecular weight is 380 g/mol. The summed E-state index contributed by atoms with van der Waals surface area (Å²) >= 11 is 1.31. The third-order valence-electron chi connectivity index (χ3n) is 3.21. The van der Waals surface area contributed by atoms with Crippen LogP contribution in [0.1, 0.15) is 26.6 Å². The van der Waals surface area contributed by atoms with Crippen LogP contribution in [0.25, 0.3) is 0 Å². The molecule has 0 aliphatic rings. The second-order valence-corrected chi connectivity index (χ2v) is 5.92. The molecule has 1 aromatic heterocycles. The van der Waals surface area contributed by atoms with Crippen molar-refractivity contribution in [2.24, 2.45) is 5.73 Å². The second-order valence-electron chi connectivity index (χ2n) is 4.98. The van der Waals surface area contributed by atoms with E-state index < -0.39 is 17.6 Å². The predicted molar refractivity (Wildman–Crippen MR) is 89.4 cm³/mol. The standard InChI is InChI=1S/C15H16F3N3OS.ClH/c1-21(14(22)12-9-23-13(20-12)6-7-19)8-10-4-2-3-5-11(10)15(16,17)18;/h2-5,9H,6-8,19H2,1H3;1H. The Morgan fingerprint density at radius 3 is 2.62 bits per heavy atom. The summed E-state index contributed by atoms with van der Waals surface area (Å²) in [6, 6.07) is 5.22. The summed E-state index contributed by atoms with van der Waals surface area (Å²) in [6.07, 6.45) is -3.88. The SMILES string of the molecule is CN(Cc1ccccc1C(F)(F)F)C(=O)c1csc(CCN)n1.Cl. The Labute approximate surface area is 147 Å². The molecule has 1 aromatic carbocycles. The summed E-state index contributed by atoms with van der Waals surface area (Å²) in [7, 11) is 1.46. The Morgan fingerprint density at radius 2 is 2.00 bits per heavy atom. The van der Waals surface area contributed by atoms with Crippen molar-refractivity contribution in [3.8, 4) is 0 Å². The van der Waals surface area contributed by atoms with Crippen molar-refractivity contribution in [2.75, 3.05) is 13.6 Å². The zero-order valence-corrected chi connectivity index (χ0v) is 14.5. The highest BCUT2D eigenvalue weighted by molar-refractivity contribution is 7.09. The number of carbonyl (C=O) groups is 1. The number of nitrogens with two attached hydrogens (primary N) is 1. The van der Waals surface area contributed by atoms with Gasteiger partial charge in [0.2, 0.25) is 0 Å². The number of nitrogens with zero attached hydrogens (tertiary/aromatic N) is 2. The smallest absolute Gasteiger partial charge is 0.336 e. The van der Waals surface area contributed by atoms with Gasteiger partial charge in [-0.1, -0.05) is 18.2 Å². The van der Waals surface area contributed by atoms with Gasteiger partial charge in [-0.2, -0.15) is 13.2 Å². The van der Waals surface area contributed by atoms with E-state index in [1.54, 1.807) is 5.38 Å². The van der Waals surface area contributed by atoms with Crippen LogP contribution in [-0.4, -0.2) is 29.4 Å². The van der Waals surface area contributed by atoms with Gasteiger partial charge >= 0.3 is 6.18 Å². The maximum absolute atomic E-state index is 13.0. The van der Waals surface area contributed by atoms with Gasteiger partial charge in [-0.05, 0) is 18.2 Å². The Hall–Kier alpha value is -1.64. The number of rotatable bonds is 5. The van der Waals surface area contributed by atoms with Crippen LogP contribution >= 0.6 is 23.7 Å². The summed E-state index contributed by atoms with van der Waals surface area (Å²) in [4.78, 5) is 17.7. The van der Waals surface area contributed by atoms with Gasteiger partial charge in [0, 0.05) is 25.4 Å². The van der Waals surface area contributed by atoms with Crippen LogP contribution in [0.5, 0.6) is 0 Å². The quantitative estimate of drug-likeness (QED) is 0.866. The van der Waals surface area contributed by atoms with Crippen molar-refractivity contribution in [3.63, 3.8) is 0 Å². The summed E-state index contributed by atoms with van der Waals surface area (Å²) in [5.41, 5.74) is 4.97. The molecule has 2 aromatic rings. The van der Waals surface area contributed by atoms with Crippen LogP contribution < -0.4 is 5.73 Å². The van der Waals surface area contributed by atoms with Crippen LogP contribution in [-0.2, 0) is 19.1 Å². The lowest BCUT2D eigenvalue weighted by atomic mass is 10.1. The molecule has 0 unspecified atom stereocenters. The number of aromatic nitrogens is 1. The highest BCUT2D eigenvalue weighted by Crippen LogP contribution is 2.32. The normalized spacial score (nSPS) is 11.0. The topological polar surface area (TPSA) is 59.2 Å². The first-order chi connectivity index (χ1) is 10.8. The lowest BCUT2D eigenvalue weighted by molar-refractivity contribution is -0.138. The van der Waals surface area contributed by atoms with Crippen molar-refractivity contribution in [1.29, 1.82) is 0 Å². The van der Waals surface area contributed by atoms with Gasteiger partial charge in [0.25, 0.3) is 5.91 Å². The fourth-order valence-electron chi connectivity index (χ4n) is 2.11. The number of amides is 1. The molecule has 2 rings (SSSR count). The number of benzene rings is 1. The molecule has 0 atom stereocenters. The van der Waals surface area contributed by atoms with Crippen molar-refractivity contribution in [3.05, 3.63) is 51.5 Å². The molecule has 0 spiro atoms. The minimum absolute atomic E-state index is 0. The van der Waals surface area contributed by atoms with Crippen molar-refractivity contribution < 1.29 is 18.0 Å². The Morgan fingerprint density at radius 1 is 1.33 bits per heavy atom. The van der Waals surface area contributed by atoms with Gasteiger partial charge in [-0.25, -0.2) is 4.98 Å². The number of hydrogen-bond donors (Lipinski definition) is 1. The zero-order valence-electron chi connectivity index (χ0n) is 12.8. The second kappa shape index (κ2) is 8.46. The molecule has 0 radical (unpaired) electrons. The average Bonchev–Trinajstić information content (AvgIpc) is 2.95. The van der Waals surface area contributed by atoms with Gasteiger partial charge in [0.15, 0.2) is 0 Å². The third-order valence-corrected chi connectivity index (χ3v) is 4.11. The van der Waals surface area contributed by atoms with Crippen molar-refractivity contribution in [1.82, 2.24) is 9.88 Å². The summed E-state index contributed by atoms with van der Waals surface area (Å²) < 4.78 is 39.0. The number of alkyl halides is 3. The molecule has 1 heterocycles. The van der Waals surface area contributed by atoms with Crippen LogP contribution in [0, 0.1) is 0 Å². The first-order valence-electron chi connectivity index (χ1n) is 6.88. The lowest BCUT2D eigenvalue weighted by Crippen LogP contribution is -2.27. The minimum atomic E-state index is -4.45. The lowest BCUT2D eigenvalue weighted by Gasteiger charge is -2.19. The first kappa shape index (κ1) is 20.4. The van der Waals surface area contributed by atoms with E-state index in [0.717, 1.165) is 11.1 Å². The Bertz CT molecular complexity index is 691. The number of thiazole rings is 1. The molecule has 1 amide bonds. The summed E-state index contributed by atoms with van der Waals surface area (Å²) in [5.74, 6) is -0.415. The van der Waals surface area contributed by atoms with Gasteiger partial charge in [0.05, 0.1) is 10.6 Å². The maximum Gasteiger partial charge on any atom is 0.416 e. The van der Waals surface area contributed by atoms with Gasteiger partial charge in [0.1, 0.15) is 5.69 Å². The molecule has 9 heteroatoms. The van der Waals surface area contributed by atoms with Gasteiger partial charge in [-0.15, -0.1) is 23.7 Å². The van der Waals surface area contributed by atoms with Crippen molar-refractivity contribution >= 4 is 29.7 Å². The minimum Gasteiger partial charge on any atom is -0.336 e. The van der Waals surface area contributed by atoms with Crippen molar-refractivity contribution in [2.45, 2.75) is 19.1 Å². The highest BCUT2D eigenvalue weighted by atomic mass is 35.5. The van der Waals surface area contributed by atoms with E-state index in [9.17, 15) is 18.0 Å². The predicted octanol–water partition coefficient (Wildman–Crippen LogP) is 3.36. The molecule has 2 N–H and O–H groups in total. The summed E-state index contributed by atoms with van der Waals surface area (Å²) in [6.45, 7) is 0.286. The molecule has 132 valence electrons. The molecule has 4 nitrogen and oxygen atoms in total. The molecular weight excluding hydrogens is 363 g/mol. The van der Waals surface area contributed by atoms with Gasteiger partial charge < -0.3 is 10.6 Å². The fraction of sp³-hybridized carbons (Fsp3) is 0.333. The number of hydrogen-bond acceptors (Lipinski definition) is 4. The van der Waals surface area contributed by atoms with E-state index >= 15 is 0 Å². The number of halogens is 4. The molecule has 0 bridgehead atoms.